The monoisotopic (exact) mass is 264 g/mol. The molecule has 0 aromatic carbocycles. The van der Waals surface area contributed by atoms with Gasteiger partial charge in [0.1, 0.15) is 5.56 Å². The van der Waals surface area contributed by atoms with Crippen LogP contribution in [0.15, 0.2) is 18.3 Å². The minimum Gasteiger partial charge on any atom is -0.480 e. The maximum atomic E-state index is 12.0. The van der Waals surface area contributed by atoms with Crippen LogP contribution in [0.4, 0.5) is 13.2 Å². The third-order valence-corrected chi connectivity index (χ3v) is 2.04. The Hall–Kier alpha value is -1.83. The van der Waals surface area contributed by atoms with Crippen molar-refractivity contribution in [3.63, 3.8) is 0 Å². The largest absolute Gasteiger partial charge is 0.480 e. The average molecular weight is 264 g/mol. The van der Waals surface area contributed by atoms with E-state index in [2.05, 4.69) is 4.98 Å². The van der Waals surface area contributed by atoms with Crippen LogP contribution < -0.4 is 10.1 Å². The topological polar surface area (TPSA) is 71.5 Å². The molecule has 1 aromatic heterocycles. The fraction of sp³-hybridized carbons (Fsp3) is 0.400. The number of aliphatic hydroxyl groups is 1. The number of aliphatic hydroxyl groups excluding tert-OH is 1. The lowest BCUT2D eigenvalue weighted by molar-refractivity contribution is -0.201. The third kappa shape index (κ3) is 3.59. The van der Waals surface area contributed by atoms with Crippen molar-refractivity contribution in [3.8, 4) is 5.88 Å². The summed E-state index contributed by atoms with van der Waals surface area (Å²) in [6.07, 6.45) is -6.00. The lowest BCUT2D eigenvalue weighted by Crippen LogP contribution is -2.40. The summed E-state index contributed by atoms with van der Waals surface area (Å²) in [5.74, 6) is -0.806. The van der Waals surface area contributed by atoms with Crippen LogP contribution >= 0.6 is 0 Å². The van der Waals surface area contributed by atoms with Crippen LogP contribution in [0.3, 0.4) is 0 Å². The van der Waals surface area contributed by atoms with E-state index in [1.807, 2.05) is 5.32 Å². The molecule has 0 spiro atoms. The number of alkyl halides is 3. The van der Waals surface area contributed by atoms with Gasteiger partial charge in [0, 0.05) is 6.20 Å². The normalized spacial score (nSPS) is 12.9. The summed E-state index contributed by atoms with van der Waals surface area (Å²) in [5, 5.41) is 10.7. The number of nitrogens with one attached hydrogen (secondary N) is 1. The Labute approximate surface area is 101 Å². The highest BCUT2D eigenvalue weighted by Gasteiger charge is 2.38. The predicted octanol–water partition coefficient (Wildman–Crippen LogP) is 0.743. The Morgan fingerprint density at radius 1 is 1.61 bits per heavy atom. The van der Waals surface area contributed by atoms with Crippen LogP contribution in [0.1, 0.15) is 10.4 Å². The van der Waals surface area contributed by atoms with Gasteiger partial charge in [-0.2, -0.15) is 13.2 Å². The number of ether oxygens (including phenoxy) is 1. The second-order valence-corrected chi connectivity index (χ2v) is 3.33. The van der Waals surface area contributed by atoms with E-state index in [0.29, 0.717) is 0 Å². The summed E-state index contributed by atoms with van der Waals surface area (Å²) in [6.45, 7) is -0.930. The Morgan fingerprint density at radius 2 is 2.28 bits per heavy atom. The van der Waals surface area contributed by atoms with Gasteiger partial charge >= 0.3 is 6.18 Å². The number of rotatable bonds is 4. The zero-order valence-corrected chi connectivity index (χ0v) is 9.36. The number of hydrogen-bond donors (Lipinski definition) is 2. The number of carbonyl (C=O) groups is 1. The molecule has 1 aromatic rings. The Balaban J connectivity index is 2.66. The van der Waals surface area contributed by atoms with Gasteiger partial charge in [0.25, 0.3) is 5.91 Å². The maximum absolute atomic E-state index is 12.0. The molecule has 2 N–H and O–H groups in total. The summed E-state index contributed by atoms with van der Waals surface area (Å²) < 4.78 is 40.8. The number of methoxy groups -OCH3 is 1. The minimum atomic E-state index is -4.77. The molecule has 0 aliphatic heterocycles. The highest BCUT2D eigenvalue weighted by atomic mass is 19.4. The molecular formula is C10H11F3N2O3. The molecule has 0 radical (unpaired) electrons. The molecular weight excluding hydrogens is 253 g/mol. The molecule has 100 valence electrons. The van der Waals surface area contributed by atoms with E-state index in [-0.39, 0.29) is 11.4 Å². The number of pyridine rings is 1. The van der Waals surface area contributed by atoms with Gasteiger partial charge in [-0.1, -0.05) is 0 Å². The molecule has 8 heteroatoms. The van der Waals surface area contributed by atoms with Gasteiger partial charge in [-0.25, -0.2) is 4.98 Å². The zero-order valence-electron chi connectivity index (χ0n) is 9.36. The lowest BCUT2D eigenvalue weighted by atomic mass is 10.2. The molecule has 0 saturated heterocycles. The number of amides is 1. The van der Waals surface area contributed by atoms with Crippen LogP contribution in [0, 0.1) is 0 Å². The molecule has 0 aliphatic rings. The fourth-order valence-corrected chi connectivity index (χ4v) is 1.13. The van der Waals surface area contributed by atoms with E-state index >= 15 is 0 Å². The van der Waals surface area contributed by atoms with Gasteiger partial charge in [-0.3, -0.25) is 4.79 Å². The molecule has 5 nitrogen and oxygen atoms in total. The van der Waals surface area contributed by atoms with Crippen LogP contribution in [-0.4, -0.2) is 41.9 Å². The van der Waals surface area contributed by atoms with E-state index in [9.17, 15) is 18.0 Å². The molecule has 1 unspecified atom stereocenters. The van der Waals surface area contributed by atoms with E-state index in [0.717, 1.165) is 0 Å². The SMILES string of the molecule is COc1ncccc1C(=O)NCC(O)C(F)(F)F. The van der Waals surface area contributed by atoms with Crippen molar-refractivity contribution < 1.29 is 27.8 Å². The van der Waals surface area contributed by atoms with Gasteiger partial charge in [-0.15, -0.1) is 0 Å². The summed E-state index contributed by atoms with van der Waals surface area (Å²) in [6, 6.07) is 2.79. The zero-order chi connectivity index (χ0) is 13.8. The molecule has 1 amide bonds. The molecule has 18 heavy (non-hydrogen) atoms. The van der Waals surface area contributed by atoms with Crippen LogP contribution in [0.25, 0.3) is 0 Å². The first kappa shape index (κ1) is 14.2. The standard InChI is InChI=1S/C10H11F3N2O3/c1-18-9-6(3-2-4-14-9)8(17)15-5-7(16)10(11,12)13/h2-4,7,16H,5H2,1H3,(H,15,17). The lowest BCUT2D eigenvalue weighted by Gasteiger charge is -2.15. The van der Waals surface area contributed by atoms with Crippen molar-refractivity contribution in [1.29, 1.82) is 0 Å². The van der Waals surface area contributed by atoms with Gasteiger partial charge in [0.15, 0.2) is 6.10 Å². The van der Waals surface area contributed by atoms with E-state index in [4.69, 9.17) is 9.84 Å². The van der Waals surface area contributed by atoms with Gasteiger partial charge in [-0.05, 0) is 12.1 Å². The summed E-state index contributed by atoms with van der Waals surface area (Å²) in [7, 11) is 1.28. The number of nitrogens with zero attached hydrogens (tertiary/aromatic N) is 1. The molecule has 0 saturated carbocycles. The van der Waals surface area contributed by atoms with Crippen molar-refractivity contribution in [2.75, 3.05) is 13.7 Å². The first-order valence-electron chi connectivity index (χ1n) is 4.88. The highest BCUT2D eigenvalue weighted by molar-refractivity contribution is 5.96. The highest BCUT2D eigenvalue weighted by Crippen LogP contribution is 2.19. The van der Waals surface area contributed by atoms with Crippen molar-refractivity contribution in [1.82, 2.24) is 10.3 Å². The molecule has 0 fully saturated rings. The first-order chi connectivity index (χ1) is 8.36. The van der Waals surface area contributed by atoms with E-state index in [1.165, 1.54) is 25.4 Å². The van der Waals surface area contributed by atoms with Crippen molar-refractivity contribution in [3.05, 3.63) is 23.9 Å². The van der Waals surface area contributed by atoms with Crippen molar-refractivity contribution in [2.24, 2.45) is 0 Å². The first-order valence-corrected chi connectivity index (χ1v) is 4.88. The predicted molar refractivity (Wildman–Crippen MR) is 55.2 cm³/mol. The second-order valence-electron chi connectivity index (χ2n) is 3.33. The number of hydrogen-bond acceptors (Lipinski definition) is 4. The Morgan fingerprint density at radius 3 is 2.83 bits per heavy atom. The number of aromatic nitrogens is 1. The van der Waals surface area contributed by atoms with Crippen LogP contribution in [0.2, 0.25) is 0 Å². The maximum Gasteiger partial charge on any atom is 0.416 e. The quantitative estimate of drug-likeness (QED) is 0.841. The average Bonchev–Trinajstić information content (AvgIpc) is 2.34. The third-order valence-electron chi connectivity index (χ3n) is 2.04. The summed E-state index contributed by atoms with van der Waals surface area (Å²) in [4.78, 5) is 15.3. The summed E-state index contributed by atoms with van der Waals surface area (Å²) in [5.41, 5.74) is -0.00521. The number of carbonyl (C=O) groups excluding carboxylic acids is 1. The van der Waals surface area contributed by atoms with Gasteiger partial charge < -0.3 is 15.2 Å². The Kier molecular flexibility index (Phi) is 4.49. The van der Waals surface area contributed by atoms with Crippen LogP contribution in [0.5, 0.6) is 5.88 Å². The smallest absolute Gasteiger partial charge is 0.416 e. The fourth-order valence-electron chi connectivity index (χ4n) is 1.13. The molecule has 0 aliphatic carbocycles. The summed E-state index contributed by atoms with van der Waals surface area (Å²) >= 11 is 0. The molecule has 0 bridgehead atoms. The van der Waals surface area contributed by atoms with Crippen molar-refractivity contribution in [2.45, 2.75) is 12.3 Å². The molecule has 1 atom stereocenters. The van der Waals surface area contributed by atoms with Gasteiger partial charge in [0.05, 0.1) is 13.7 Å². The van der Waals surface area contributed by atoms with Crippen molar-refractivity contribution >= 4 is 5.91 Å². The second kappa shape index (κ2) is 5.67. The minimum absolute atomic E-state index is 0.00324. The van der Waals surface area contributed by atoms with E-state index in [1.54, 1.807) is 0 Å². The molecule has 1 rings (SSSR count). The van der Waals surface area contributed by atoms with Crippen LogP contribution in [-0.2, 0) is 0 Å². The Bertz CT molecular complexity index is 423. The number of halogens is 3. The molecule has 1 heterocycles. The van der Waals surface area contributed by atoms with Gasteiger partial charge in [0.2, 0.25) is 5.88 Å². The van der Waals surface area contributed by atoms with E-state index < -0.39 is 24.7 Å².